The third-order valence-corrected chi connectivity index (χ3v) is 3.78. The zero-order valence-electron chi connectivity index (χ0n) is 9.93. The molecule has 1 aromatic carbocycles. The third kappa shape index (κ3) is 2.94. The minimum atomic E-state index is 0.681. The maximum atomic E-state index is 5.84. The fourth-order valence-electron chi connectivity index (χ4n) is 1.73. The van der Waals surface area contributed by atoms with E-state index in [1.54, 1.807) is 12.4 Å². The third-order valence-electron chi connectivity index (χ3n) is 2.67. The van der Waals surface area contributed by atoms with Gasteiger partial charge in [-0.05, 0) is 23.8 Å². The van der Waals surface area contributed by atoms with E-state index in [2.05, 4.69) is 20.5 Å². The first-order valence-electron chi connectivity index (χ1n) is 5.75. The van der Waals surface area contributed by atoms with Crippen LogP contribution in [0, 0.1) is 0 Å². The molecule has 0 aliphatic carbocycles. The Morgan fingerprint density at radius 2 is 2.05 bits per heavy atom. The summed E-state index contributed by atoms with van der Waals surface area (Å²) in [5.74, 6) is 0. The number of hydrogen-bond acceptors (Lipinski definition) is 4. The summed E-state index contributed by atoms with van der Waals surface area (Å²) >= 11 is 7.33. The van der Waals surface area contributed by atoms with Gasteiger partial charge in [0.15, 0.2) is 0 Å². The van der Waals surface area contributed by atoms with E-state index in [0.29, 0.717) is 10.9 Å². The average Bonchev–Trinajstić information content (AvgIpc) is 3.08. The van der Waals surface area contributed by atoms with E-state index in [4.69, 9.17) is 11.6 Å². The van der Waals surface area contributed by atoms with Crippen LogP contribution in [0.3, 0.4) is 0 Å². The number of H-pyrrole nitrogens is 1. The molecule has 0 spiro atoms. The lowest BCUT2D eigenvalue weighted by atomic mass is 10.1. The van der Waals surface area contributed by atoms with Gasteiger partial charge in [0.25, 0.3) is 0 Å². The van der Waals surface area contributed by atoms with Crippen molar-refractivity contribution in [3.05, 3.63) is 52.1 Å². The summed E-state index contributed by atoms with van der Waals surface area (Å²) in [5.41, 5.74) is 3.17. The number of nitrogens with one attached hydrogen (secondary N) is 2. The molecule has 2 N–H and O–H groups in total. The fraction of sp³-hybridized carbons (Fsp3) is 0.0769. The number of rotatable bonds is 4. The number of aromatic amines is 1. The Morgan fingerprint density at radius 3 is 2.68 bits per heavy atom. The molecule has 0 amide bonds. The molecule has 0 bridgehead atoms. The highest BCUT2D eigenvalue weighted by atomic mass is 35.5. The second-order valence-electron chi connectivity index (χ2n) is 3.96. The smallest absolute Gasteiger partial charge is 0.113 e. The Kier molecular flexibility index (Phi) is 3.48. The lowest BCUT2D eigenvalue weighted by Crippen LogP contribution is -1.98. The topological polar surface area (TPSA) is 53.6 Å². The van der Waals surface area contributed by atoms with Crippen molar-refractivity contribution in [1.29, 1.82) is 0 Å². The first kappa shape index (κ1) is 12.2. The highest BCUT2D eigenvalue weighted by Gasteiger charge is 2.01. The molecule has 0 unspecified atom stereocenters. The van der Waals surface area contributed by atoms with Crippen LogP contribution < -0.4 is 5.32 Å². The van der Waals surface area contributed by atoms with Crippen molar-refractivity contribution in [2.24, 2.45) is 0 Å². The Balaban J connectivity index is 1.66. The highest BCUT2D eigenvalue weighted by molar-refractivity contribution is 7.15. The normalized spacial score (nSPS) is 10.6. The number of benzene rings is 1. The van der Waals surface area contributed by atoms with E-state index < -0.39 is 0 Å². The van der Waals surface area contributed by atoms with Crippen molar-refractivity contribution in [2.45, 2.75) is 6.54 Å². The summed E-state index contributed by atoms with van der Waals surface area (Å²) in [5, 5.41) is 11.2. The summed E-state index contributed by atoms with van der Waals surface area (Å²) in [6, 6.07) is 10.1. The molecule has 19 heavy (non-hydrogen) atoms. The van der Waals surface area contributed by atoms with Gasteiger partial charge in [0.1, 0.15) is 9.34 Å². The molecule has 0 atom stereocenters. The monoisotopic (exact) mass is 290 g/mol. The van der Waals surface area contributed by atoms with Crippen LogP contribution in [0.15, 0.2) is 42.7 Å². The maximum Gasteiger partial charge on any atom is 0.113 e. The minimum absolute atomic E-state index is 0.681. The van der Waals surface area contributed by atoms with E-state index in [1.165, 1.54) is 11.3 Å². The van der Waals surface area contributed by atoms with E-state index in [9.17, 15) is 0 Å². The molecule has 0 saturated heterocycles. The molecular formula is C13H11ClN4S. The van der Waals surface area contributed by atoms with Gasteiger partial charge in [0.05, 0.1) is 18.4 Å². The van der Waals surface area contributed by atoms with Crippen molar-refractivity contribution < 1.29 is 0 Å². The number of aromatic nitrogens is 3. The van der Waals surface area contributed by atoms with E-state index >= 15 is 0 Å². The van der Waals surface area contributed by atoms with Gasteiger partial charge >= 0.3 is 0 Å². The van der Waals surface area contributed by atoms with Crippen molar-refractivity contribution >= 4 is 28.6 Å². The quantitative estimate of drug-likeness (QED) is 0.768. The fourth-order valence-corrected chi connectivity index (χ4v) is 2.63. The zero-order chi connectivity index (χ0) is 13.1. The summed E-state index contributed by atoms with van der Waals surface area (Å²) in [4.78, 5) is 4.20. The van der Waals surface area contributed by atoms with Crippen LogP contribution >= 0.6 is 22.9 Å². The van der Waals surface area contributed by atoms with Crippen LogP contribution in [0.4, 0.5) is 5.69 Å². The van der Waals surface area contributed by atoms with E-state index in [1.807, 2.05) is 30.3 Å². The number of anilines is 1. The number of halogens is 1. The van der Waals surface area contributed by atoms with Crippen LogP contribution in [-0.2, 0) is 6.54 Å². The molecule has 96 valence electrons. The lowest BCUT2D eigenvalue weighted by molar-refractivity contribution is 1.09. The summed E-state index contributed by atoms with van der Waals surface area (Å²) in [7, 11) is 0. The zero-order valence-corrected chi connectivity index (χ0v) is 11.5. The van der Waals surface area contributed by atoms with Crippen molar-refractivity contribution in [2.75, 3.05) is 5.32 Å². The number of hydrogen-bond donors (Lipinski definition) is 2. The van der Waals surface area contributed by atoms with E-state index in [-0.39, 0.29) is 0 Å². The maximum absolute atomic E-state index is 5.84. The second-order valence-corrected chi connectivity index (χ2v) is 5.71. The Labute approximate surface area is 119 Å². The molecule has 2 aromatic heterocycles. The Morgan fingerprint density at radius 1 is 1.21 bits per heavy atom. The standard InChI is InChI=1S/C13H11ClN4S/c14-12-7-16-13(19-12)8-15-10-3-1-9(2-4-10)11-5-6-17-18-11/h1-7,15H,8H2,(H,17,18). The van der Waals surface area contributed by atoms with Gasteiger partial charge < -0.3 is 5.32 Å². The molecule has 6 heteroatoms. The first-order valence-corrected chi connectivity index (χ1v) is 6.94. The molecule has 3 rings (SSSR count). The number of thiazole rings is 1. The van der Waals surface area contributed by atoms with Crippen molar-refractivity contribution in [1.82, 2.24) is 15.2 Å². The van der Waals surface area contributed by atoms with Crippen molar-refractivity contribution in [3.8, 4) is 11.3 Å². The molecule has 0 fully saturated rings. The first-order chi connectivity index (χ1) is 9.31. The van der Waals surface area contributed by atoms with Gasteiger partial charge in [0, 0.05) is 11.9 Å². The molecule has 0 saturated carbocycles. The van der Waals surface area contributed by atoms with Crippen LogP contribution in [0.5, 0.6) is 0 Å². The predicted octanol–water partition coefficient (Wildman–Crippen LogP) is 3.80. The predicted molar refractivity (Wildman–Crippen MR) is 78.5 cm³/mol. The molecule has 4 nitrogen and oxygen atoms in total. The van der Waals surface area contributed by atoms with Crippen LogP contribution in [-0.4, -0.2) is 15.2 Å². The van der Waals surface area contributed by atoms with Gasteiger partial charge in [0.2, 0.25) is 0 Å². The largest absolute Gasteiger partial charge is 0.379 e. The SMILES string of the molecule is Clc1cnc(CNc2ccc(-c3ccn[nH]3)cc2)s1. The molecule has 0 aliphatic rings. The highest BCUT2D eigenvalue weighted by Crippen LogP contribution is 2.21. The number of nitrogens with zero attached hydrogens (tertiary/aromatic N) is 2. The Hall–Kier alpha value is -1.85. The van der Waals surface area contributed by atoms with Gasteiger partial charge in [-0.25, -0.2) is 4.98 Å². The lowest BCUT2D eigenvalue weighted by Gasteiger charge is -2.05. The van der Waals surface area contributed by atoms with Gasteiger partial charge in [-0.15, -0.1) is 11.3 Å². The molecule has 0 aliphatic heterocycles. The Bertz CT molecular complexity index is 646. The van der Waals surface area contributed by atoms with Crippen molar-refractivity contribution in [3.63, 3.8) is 0 Å². The minimum Gasteiger partial charge on any atom is -0.379 e. The van der Waals surface area contributed by atoms with Gasteiger partial charge in [-0.3, -0.25) is 5.10 Å². The molecule has 2 heterocycles. The summed E-state index contributed by atoms with van der Waals surface area (Å²) in [6.07, 6.45) is 3.41. The molecular weight excluding hydrogens is 280 g/mol. The second kappa shape index (κ2) is 5.42. The van der Waals surface area contributed by atoms with Gasteiger partial charge in [-0.2, -0.15) is 5.10 Å². The van der Waals surface area contributed by atoms with Crippen LogP contribution in [0.2, 0.25) is 4.34 Å². The van der Waals surface area contributed by atoms with Crippen LogP contribution in [0.25, 0.3) is 11.3 Å². The average molecular weight is 291 g/mol. The molecule has 0 radical (unpaired) electrons. The summed E-state index contributed by atoms with van der Waals surface area (Å²) in [6.45, 7) is 0.681. The molecule has 3 aromatic rings. The van der Waals surface area contributed by atoms with E-state index in [0.717, 1.165) is 22.0 Å². The van der Waals surface area contributed by atoms with Crippen LogP contribution in [0.1, 0.15) is 5.01 Å². The summed E-state index contributed by atoms with van der Waals surface area (Å²) < 4.78 is 0.714. The van der Waals surface area contributed by atoms with Gasteiger partial charge in [-0.1, -0.05) is 23.7 Å².